The first-order valence-corrected chi connectivity index (χ1v) is 11.0. The molecule has 1 amide bonds. The second kappa shape index (κ2) is 10.6. The van der Waals surface area contributed by atoms with Crippen LogP contribution in [-0.4, -0.2) is 50.3 Å². The van der Waals surface area contributed by atoms with Gasteiger partial charge in [-0.1, -0.05) is 43.7 Å². The van der Waals surface area contributed by atoms with Gasteiger partial charge in [-0.15, -0.1) is 0 Å². The number of likely N-dealkylation sites (N-methyl/N-ethyl adjacent to an activating group) is 1. The molecule has 0 spiro atoms. The SMILES string of the molecule is CCN(CC)CCOc1ccc(NC(=O)C2(c3cccc(C)c3)CCOCC2)cc1. The summed E-state index contributed by atoms with van der Waals surface area (Å²) in [7, 11) is 0. The number of hydrogen-bond donors (Lipinski definition) is 1. The molecule has 0 atom stereocenters. The quantitative estimate of drug-likeness (QED) is 0.666. The van der Waals surface area contributed by atoms with Crippen molar-refractivity contribution in [1.82, 2.24) is 4.90 Å². The monoisotopic (exact) mass is 410 g/mol. The summed E-state index contributed by atoms with van der Waals surface area (Å²) < 4.78 is 11.4. The van der Waals surface area contributed by atoms with Gasteiger partial charge in [0.25, 0.3) is 0 Å². The summed E-state index contributed by atoms with van der Waals surface area (Å²) >= 11 is 0. The zero-order chi connectivity index (χ0) is 21.4. The van der Waals surface area contributed by atoms with Crippen molar-refractivity contribution in [2.24, 2.45) is 0 Å². The second-order valence-corrected chi connectivity index (χ2v) is 7.92. The van der Waals surface area contributed by atoms with Crippen LogP contribution in [-0.2, 0) is 14.9 Å². The second-order valence-electron chi connectivity index (χ2n) is 7.92. The van der Waals surface area contributed by atoms with E-state index in [1.807, 2.05) is 30.3 Å². The molecule has 2 aromatic carbocycles. The van der Waals surface area contributed by atoms with Crippen molar-refractivity contribution in [3.63, 3.8) is 0 Å². The lowest BCUT2D eigenvalue weighted by Crippen LogP contribution is -2.44. The predicted octanol–water partition coefficient (Wildman–Crippen LogP) is 4.40. The Morgan fingerprint density at radius 1 is 1.10 bits per heavy atom. The maximum atomic E-state index is 13.4. The first-order valence-electron chi connectivity index (χ1n) is 11.0. The maximum Gasteiger partial charge on any atom is 0.235 e. The molecule has 0 unspecified atom stereocenters. The molecule has 5 nitrogen and oxygen atoms in total. The Labute approximate surface area is 180 Å². The highest BCUT2D eigenvalue weighted by Crippen LogP contribution is 2.36. The number of carbonyl (C=O) groups excluding carboxylic acids is 1. The average molecular weight is 411 g/mol. The van der Waals surface area contributed by atoms with Crippen LogP contribution in [0.4, 0.5) is 5.69 Å². The minimum atomic E-state index is -0.552. The Hall–Kier alpha value is -2.37. The molecule has 2 aromatic rings. The molecule has 1 heterocycles. The van der Waals surface area contributed by atoms with Crippen LogP contribution in [0, 0.1) is 6.92 Å². The van der Waals surface area contributed by atoms with E-state index in [2.05, 4.69) is 49.2 Å². The van der Waals surface area contributed by atoms with Crippen LogP contribution in [0.15, 0.2) is 48.5 Å². The Morgan fingerprint density at radius 3 is 2.43 bits per heavy atom. The number of anilines is 1. The minimum absolute atomic E-state index is 0.0339. The molecule has 1 aliphatic rings. The van der Waals surface area contributed by atoms with E-state index in [-0.39, 0.29) is 5.91 Å². The molecule has 1 N–H and O–H groups in total. The number of hydrogen-bond acceptors (Lipinski definition) is 4. The average Bonchev–Trinajstić information content (AvgIpc) is 2.78. The number of nitrogens with one attached hydrogen (secondary N) is 1. The zero-order valence-electron chi connectivity index (χ0n) is 18.4. The smallest absolute Gasteiger partial charge is 0.235 e. The van der Waals surface area contributed by atoms with Crippen molar-refractivity contribution in [3.05, 3.63) is 59.7 Å². The molecule has 0 aliphatic carbocycles. The lowest BCUT2D eigenvalue weighted by molar-refractivity contribution is -0.125. The van der Waals surface area contributed by atoms with Gasteiger partial charge >= 0.3 is 0 Å². The summed E-state index contributed by atoms with van der Waals surface area (Å²) in [6.07, 6.45) is 1.38. The van der Waals surface area contributed by atoms with E-state index in [4.69, 9.17) is 9.47 Å². The summed E-state index contributed by atoms with van der Waals surface area (Å²) in [6, 6.07) is 15.9. The van der Waals surface area contributed by atoms with Gasteiger partial charge in [-0.25, -0.2) is 0 Å². The van der Waals surface area contributed by atoms with Gasteiger partial charge in [-0.05, 0) is 62.7 Å². The third-order valence-corrected chi connectivity index (χ3v) is 6.03. The summed E-state index contributed by atoms with van der Waals surface area (Å²) in [4.78, 5) is 15.7. The topological polar surface area (TPSA) is 50.8 Å². The largest absolute Gasteiger partial charge is 0.492 e. The van der Waals surface area contributed by atoms with E-state index in [9.17, 15) is 4.79 Å². The first-order chi connectivity index (χ1) is 14.6. The number of carbonyl (C=O) groups is 1. The molecule has 30 heavy (non-hydrogen) atoms. The number of ether oxygens (including phenoxy) is 2. The molecule has 0 radical (unpaired) electrons. The van der Waals surface area contributed by atoms with E-state index in [0.717, 1.165) is 42.2 Å². The summed E-state index contributed by atoms with van der Waals surface area (Å²) in [5.41, 5.74) is 2.47. The van der Waals surface area contributed by atoms with Gasteiger partial charge in [-0.3, -0.25) is 4.79 Å². The van der Waals surface area contributed by atoms with Gasteiger partial charge < -0.3 is 19.7 Å². The molecule has 0 bridgehead atoms. The molecule has 1 aliphatic heterocycles. The highest BCUT2D eigenvalue weighted by Gasteiger charge is 2.41. The van der Waals surface area contributed by atoms with Crippen molar-refractivity contribution in [2.45, 2.75) is 39.0 Å². The van der Waals surface area contributed by atoms with Crippen molar-refractivity contribution in [2.75, 3.05) is 44.8 Å². The van der Waals surface area contributed by atoms with Crippen molar-refractivity contribution >= 4 is 11.6 Å². The fraction of sp³-hybridized carbons (Fsp3) is 0.480. The van der Waals surface area contributed by atoms with Gasteiger partial charge in [0, 0.05) is 25.4 Å². The van der Waals surface area contributed by atoms with Gasteiger partial charge in [0.2, 0.25) is 5.91 Å². The van der Waals surface area contributed by atoms with Crippen LogP contribution >= 0.6 is 0 Å². The molecule has 162 valence electrons. The maximum absolute atomic E-state index is 13.4. The van der Waals surface area contributed by atoms with Crippen LogP contribution in [0.3, 0.4) is 0 Å². The number of benzene rings is 2. The summed E-state index contributed by atoms with van der Waals surface area (Å²) in [5, 5.41) is 3.13. The van der Waals surface area contributed by atoms with Crippen molar-refractivity contribution in [3.8, 4) is 5.75 Å². The predicted molar refractivity (Wildman–Crippen MR) is 121 cm³/mol. The van der Waals surface area contributed by atoms with Crippen molar-refractivity contribution in [1.29, 1.82) is 0 Å². The Balaban J connectivity index is 1.66. The molecular weight excluding hydrogens is 376 g/mol. The van der Waals surface area contributed by atoms with E-state index < -0.39 is 5.41 Å². The van der Waals surface area contributed by atoms with E-state index >= 15 is 0 Å². The first kappa shape index (κ1) is 22.3. The molecule has 1 fully saturated rings. The third kappa shape index (κ3) is 5.41. The third-order valence-electron chi connectivity index (χ3n) is 6.03. The molecule has 1 saturated heterocycles. The van der Waals surface area contributed by atoms with E-state index in [1.54, 1.807) is 0 Å². The Bertz CT molecular complexity index is 809. The number of nitrogens with zero attached hydrogens (tertiary/aromatic N) is 1. The molecule has 5 heteroatoms. The molecule has 0 aromatic heterocycles. The van der Waals surface area contributed by atoms with Gasteiger partial charge in [0.15, 0.2) is 0 Å². The van der Waals surface area contributed by atoms with E-state index in [0.29, 0.717) is 32.7 Å². The zero-order valence-corrected chi connectivity index (χ0v) is 18.4. The highest BCUT2D eigenvalue weighted by molar-refractivity contribution is 5.99. The Kier molecular flexibility index (Phi) is 7.88. The number of amides is 1. The number of rotatable bonds is 9. The van der Waals surface area contributed by atoms with Crippen LogP contribution in [0.25, 0.3) is 0 Å². The van der Waals surface area contributed by atoms with Crippen LogP contribution in [0.5, 0.6) is 5.75 Å². The van der Waals surface area contributed by atoms with Gasteiger partial charge in [0.1, 0.15) is 12.4 Å². The van der Waals surface area contributed by atoms with Gasteiger partial charge in [0.05, 0.1) is 5.41 Å². The van der Waals surface area contributed by atoms with Gasteiger partial charge in [-0.2, -0.15) is 0 Å². The van der Waals surface area contributed by atoms with Crippen LogP contribution < -0.4 is 10.1 Å². The minimum Gasteiger partial charge on any atom is -0.492 e. The molecular formula is C25H34N2O3. The standard InChI is InChI=1S/C25H34N2O3/c1-4-27(5-2)15-18-30-23-11-9-22(10-12-23)26-24(28)25(13-16-29-17-14-25)21-8-6-7-20(3)19-21/h6-12,19H,4-5,13-18H2,1-3H3,(H,26,28). The van der Waals surface area contributed by atoms with Crippen LogP contribution in [0.2, 0.25) is 0 Å². The normalized spacial score (nSPS) is 15.7. The van der Waals surface area contributed by atoms with E-state index in [1.165, 1.54) is 0 Å². The lowest BCUT2D eigenvalue weighted by atomic mass is 9.73. The summed E-state index contributed by atoms with van der Waals surface area (Å²) in [5.74, 6) is 0.853. The highest BCUT2D eigenvalue weighted by atomic mass is 16.5. The lowest BCUT2D eigenvalue weighted by Gasteiger charge is -2.36. The summed E-state index contributed by atoms with van der Waals surface area (Å²) in [6.45, 7) is 11.2. The fourth-order valence-electron chi connectivity index (χ4n) is 4.03. The Morgan fingerprint density at radius 2 is 1.80 bits per heavy atom. The molecule has 0 saturated carbocycles. The van der Waals surface area contributed by atoms with Crippen LogP contribution in [0.1, 0.15) is 37.8 Å². The molecule has 3 rings (SSSR count). The fourth-order valence-corrected chi connectivity index (χ4v) is 4.03. The van der Waals surface area contributed by atoms with Crippen molar-refractivity contribution < 1.29 is 14.3 Å². The number of aryl methyl sites for hydroxylation is 1.